The Kier molecular flexibility index (Phi) is 9.12. The van der Waals surface area contributed by atoms with Crippen molar-refractivity contribution in [2.75, 3.05) is 19.6 Å². The zero-order valence-corrected chi connectivity index (χ0v) is 23.2. The molecule has 5 rings (SSSR count). The van der Waals surface area contributed by atoms with Crippen molar-refractivity contribution in [1.82, 2.24) is 9.62 Å². The van der Waals surface area contributed by atoms with Crippen LogP contribution in [-0.2, 0) is 32.6 Å². The lowest BCUT2D eigenvalue weighted by molar-refractivity contribution is -0.276. The molecule has 0 spiro atoms. The third kappa shape index (κ3) is 6.95. The highest BCUT2D eigenvalue weighted by molar-refractivity contribution is 7.89. The van der Waals surface area contributed by atoms with Gasteiger partial charge in [-0.05, 0) is 54.8 Å². The van der Waals surface area contributed by atoms with Gasteiger partial charge in [-0.15, -0.1) is 0 Å². The van der Waals surface area contributed by atoms with E-state index in [-0.39, 0.29) is 36.2 Å². The molecule has 39 heavy (non-hydrogen) atoms. The fourth-order valence-electron chi connectivity index (χ4n) is 5.38. The first-order valence-electron chi connectivity index (χ1n) is 13.8. The Morgan fingerprint density at radius 2 is 1.49 bits per heavy atom. The Morgan fingerprint density at radius 3 is 2.15 bits per heavy atom. The van der Waals surface area contributed by atoms with E-state index in [0.717, 1.165) is 41.9 Å². The topological polar surface area (TPSA) is 88.1 Å². The maximum atomic E-state index is 12.6. The summed E-state index contributed by atoms with van der Waals surface area (Å²) in [6, 6.07) is 24.1. The van der Waals surface area contributed by atoms with Gasteiger partial charge in [-0.2, -0.15) is 0 Å². The zero-order valence-electron chi connectivity index (χ0n) is 22.4. The number of nitrogens with zero attached hydrogens (tertiary/aromatic N) is 1. The van der Waals surface area contributed by atoms with E-state index in [1.54, 1.807) is 30.3 Å². The van der Waals surface area contributed by atoms with Crippen molar-refractivity contribution in [3.05, 3.63) is 101 Å². The first kappa shape index (κ1) is 28.0. The molecular formula is C31H38N2O5S. The van der Waals surface area contributed by atoms with Gasteiger partial charge in [-0.1, -0.05) is 80.1 Å². The largest absolute Gasteiger partial charge is 0.392 e. The summed E-state index contributed by atoms with van der Waals surface area (Å²) in [5.41, 5.74) is 3.70. The minimum Gasteiger partial charge on any atom is -0.392 e. The molecule has 0 aliphatic carbocycles. The quantitative estimate of drug-likeness (QED) is 0.393. The highest BCUT2D eigenvalue weighted by atomic mass is 32.2. The van der Waals surface area contributed by atoms with Crippen LogP contribution in [0.4, 0.5) is 0 Å². The van der Waals surface area contributed by atoms with Crippen molar-refractivity contribution in [3.8, 4) is 0 Å². The van der Waals surface area contributed by atoms with Crippen molar-refractivity contribution < 1.29 is 23.0 Å². The van der Waals surface area contributed by atoms with E-state index in [9.17, 15) is 13.5 Å². The van der Waals surface area contributed by atoms with Gasteiger partial charge in [0.2, 0.25) is 10.0 Å². The van der Waals surface area contributed by atoms with Gasteiger partial charge in [-0.3, -0.25) is 0 Å². The van der Waals surface area contributed by atoms with Gasteiger partial charge in [0.05, 0.1) is 23.7 Å². The molecule has 0 unspecified atom stereocenters. The smallest absolute Gasteiger partial charge is 0.240 e. The molecule has 0 aromatic heterocycles. The lowest BCUT2D eigenvalue weighted by Gasteiger charge is -2.43. The molecule has 2 aliphatic rings. The first-order chi connectivity index (χ1) is 18.9. The van der Waals surface area contributed by atoms with Gasteiger partial charge in [-0.25, -0.2) is 13.1 Å². The second kappa shape index (κ2) is 12.7. The molecule has 2 heterocycles. The van der Waals surface area contributed by atoms with Crippen molar-refractivity contribution in [3.63, 3.8) is 0 Å². The molecule has 0 radical (unpaired) electrons. The monoisotopic (exact) mass is 550 g/mol. The Hall–Kier alpha value is -2.59. The Bertz CT molecular complexity index is 1290. The highest BCUT2D eigenvalue weighted by Crippen LogP contribution is 2.42. The number of aliphatic hydroxyl groups excluding tert-OH is 1. The number of piperidine rings is 1. The van der Waals surface area contributed by atoms with Gasteiger partial charge in [0.25, 0.3) is 0 Å². The predicted octanol–water partition coefficient (Wildman–Crippen LogP) is 4.93. The number of nitrogens with one attached hydrogen (secondary N) is 1. The summed E-state index contributed by atoms with van der Waals surface area (Å²) in [6.07, 6.45) is 3.06. The lowest BCUT2D eigenvalue weighted by Crippen LogP contribution is -2.45. The van der Waals surface area contributed by atoms with Crippen LogP contribution in [0.15, 0.2) is 83.8 Å². The van der Waals surface area contributed by atoms with E-state index in [4.69, 9.17) is 9.47 Å². The molecule has 3 aromatic carbocycles. The van der Waals surface area contributed by atoms with Crippen LogP contribution in [0, 0.1) is 5.92 Å². The van der Waals surface area contributed by atoms with E-state index in [1.807, 2.05) is 48.5 Å². The number of aliphatic hydroxyl groups is 1. The SMILES string of the molecule is C[C@@H]1[C@H](CN2CCCCC2)O[C@H](c2ccc(CNS(=O)(=O)c3ccccc3)cc2)O[C@@H]1c1ccc(CO)cc1. The zero-order chi connectivity index (χ0) is 27.2. The first-order valence-corrected chi connectivity index (χ1v) is 15.3. The van der Waals surface area contributed by atoms with Crippen LogP contribution < -0.4 is 4.72 Å². The molecule has 7 nitrogen and oxygen atoms in total. The van der Waals surface area contributed by atoms with E-state index < -0.39 is 16.3 Å². The third-order valence-electron chi connectivity index (χ3n) is 7.78. The number of hydrogen-bond acceptors (Lipinski definition) is 6. The third-order valence-corrected chi connectivity index (χ3v) is 9.20. The van der Waals surface area contributed by atoms with Crippen LogP contribution in [0.2, 0.25) is 0 Å². The summed E-state index contributed by atoms with van der Waals surface area (Å²) in [5, 5.41) is 9.47. The summed E-state index contributed by atoms with van der Waals surface area (Å²) in [5.74, 6) is 0.148. The fraction of sp³-hybridized carbons (Fsp3) is 0.419. The Balaban J connectivity index is 1.31. The number of rotatable bonds is 9. The van der Waals surface area contributed by atoms with Crippen molar-refractivity contribution in [1.29, 1.82) is 0 Å². The van der Waals surface area contributed by atoms with Crippen LogP contribution in [0.5, 0.6) is 0 Å². The lowest BCUT2D eigenvalue weighted by atomic mass is 9.89. The van der Waals surface area contributed by atoms with Crippen molar-refractivity contribution in [2.45, 2.75) is 62.7 Å². The average molecular weight is 551 g/mol. The van der Waals surface area contributed by atoms with Gasteiger partial charge in [0, 0.05) is 24.6 Å². The standard InChI is InChI=1S/C31H38N2O5S/c1-23-29(21-33-18-6-3-7-19-33)37-31(38-30(23)26-14-12-25(22-34)13-15-26)27-16-10-24(11-17-27)20-32-39(35,36)28-8-4-2-5-9-28/h2,4-5,8-17,23,29-32,34H,3,6-7,18-22H2,1H3/t23-,29+,30+,31+/m1/s1. The van der Waals surface area contributed by atoms with E-state index >= 15 is 0 Å². The predicted molar refractivity (Wildman–Crippen MR) is 150 cm³/mol. The molecule has 8 heteroatoms. The summed E-state index contributed by atoms with van der Waals surface area (Å²) in [7, 11) is -3.58. The summed E-state index contributed by atoms with van der Waals surface area (Å²) in [6.45, 7) is 5.46. The van der Waals surface area contributed by atoms with E-state index in [0.29, 0.717) is 0 Å². The average Bonchev–Trinajstić information content (AvgIpc) is 2.98. The molecule has 2 fully saturated rings. The highest BCUT2D eigenvalue weighted by Gasteiger charge is 2.39. The van der Waals surface area contributed by atoms with E-state index in [1.165, 1.54) is 19.3 Å². The molecule has 2 N–H and O–H groups in total. The van der Waals surface area contributed by atoms with Gasteiger partial charge in [0.15, 0.2) is 6.29 Å². The van der Waals surface area contributed by atoms with Crippen LogP contribution in [0.25, 0.3) is 0 Å². The molecule has 2 aliphatic heterocycles. The van der Waals surface area contributed by atoms with E-state index in [2.05, 4.69) is 16.5 Å². The molecular weight excluding hydrogens is 512 g/mol. The second-order valence-electron chi connectivity index (χ2n) is 10.6. The number of hydrogen-bond donors (Lipinski definition) is 2. The van der Waals surface area contributed by atoms with Gasteiger partial charge in [0.1, 0.15) is 0 Å². The molecule has 208 valence electrons. The summed E-state index contributed by atoms with van der Waals surface area (Å²) >= 11 is 0. The van der Waals surface area contributed by atoms with Crippen molar-refractivity contribution >= 4 is 10.0 Å². The number of ether oxygens (including phenoxy) is 2. The number of likely N-dealkylation sites (tertiary alicyclic amines) is 1. The maximum absolute atomic E-state index is 12.6. The summed E-state index contributed by atoms with van der Waals surface area (Å²) in [4.78, 5) is 2.75. The fourth-order valence-corrected chi connectivity index (χ4v) is 6.42. The minimum atomic E-state index is -3.58. The summed E-state index contributed by atoms with van der Waals surface area (Å²) < 4.78 is 41.0. The minimum absolute atomic E-state index is 0.00160. The molecule has 0 amide bonds. The van der Waals surface area contributed by atoms with Gasteiger partial charge < -0.3 is 19.5 Å². The van der Waals surface area contributed by atoms with Crippen LogP contribution in [-0.4, -0.2) is 44.2 Å². The van der Waals surface area contributed by atoms with Crippen LogP contribution in [0.3, 0.4) is 0 Å². The number of benzene rings is 3. The van der Waals surface area contributed by atoms with Crippen LogP contribution in [0.1, 0.15) is 60.8 Å². The molecule has 2 saturated heterocycles. The van der Waals surface area contributed by atoms with Gasteiger partial charge >= 0.3 is 0 Å². The number of sulfonamides is 1. The molecule has 3 aromatic rings. The molecule has 4 atom stereocenters. The Morgan fingerprint density at radius 1 is 0.846 bits per heavy atom. The van der Waals surface area contributed by atoms with Crippen LogP contribution >= 0.6 is 0 Å². The second-order valence-corrected chi connectivity index (χ2v) is 12.3. The normalized spacial score (nSPS) is 24.5. The van der Waals surface area contributed by atoms with Crippen molar-refractivity contribution in [2.24, 2.45) is 5.92 Å². The maximum Gasteiger partial charge on any atom is 0.240 e. The Labute approximate surface area is 231 Å². The molecule has 0 saturated carbocycles. The molecule has 0 bridgehead atoms.